The van der Waals surface area contributed by atoms with Gasteiger partial charge < -0.3 is 19.3 Å². The highest BCUT2D eigenvalue weighted by Gasteiger charge is 2.82. The summed E-state index contributed by atoms with van der Waals surface area (Å²) in [5, 5.41) is 12.0. The molecule has 0 radical (unpaired) electrons. The zero-order valence-corrected chi connectivity index (χ0v) is 24.8. The molecule has 7 aliphatic rings. The predicted molar refractivity (Wildman–Crippen MR) is 144 cm³/mol. The lowest BCUT2D eigenvalue weighted by molar-refractivity contribution is -0.285. The molecule has 13 unspecified atom stereocenters. The first-order chi connectivity index (χ1) is 18.3. The van der Waals surface area contributed by atoms with Crippen molar-refractivity contribution in [1.82, 2.24) is 4.90 Å². The van der Waals surface area contributed by atoms with Gasteiger partial charge in [0.25, 0.3) is 0 Å². The van der Waals surface area contributed by atoms with E-state index >= 15 is 0 Å². The maximum absolute atomic E-state index is 14.7. The first-order valence-electron chi connectivity index (χ1n) is 15.8. The van der Waals surface area contributed by atoms with Gasteiger partial charge in [0.2, 0.25) is 0 Å². The normalized spacial score (nSPS) is 55.5. The molecule has 0 aromatic rings. The highest BCUT2D eigenvalue weighted by atomic mass is 16.7. The van der Waals surface area contributed by atoms with Crippen molar-refractivity contribution in [2.24, 2.45) is 39.9 Å². The summed E-state index contributed by atoms with van der Waals surface area (Å²) in [6.07, 6.45) is 8.51. The minimum absolute atomic E-state index is 0.00781. The lowest BCUT2D eigenvalue weighted by Crippen LogP contribution is -2.72. The molecule has 39 heavy (non-hydrogen) atoms. The molecule has 0 aromatic heterocycles. The number of carbonyl (C=O) groups is 2. The van der Waals surface area contributed by atoms with Crippen molar-refractivity contribution >= 4 is 11.8 Å². The molecule has 7 nitrogen and oxygen atoms in total. The standard InChI is InChI=1S/C32H49NO6/c1-18(2)20-9-13-29(5)21-10-15-31-12-7-8-23(31)32(29,25(20)33(31)27(21)36)16-22(38-19(3)34)26(35)28(4)17-37-30(6)14-11-24(28)39-30/h18,20-25,27,36H,7-17H2,1-6H3. The van der Waals surface area contributed by atoms with Crippen LogP contribution in [-0.2, 0) is 23.8 Å². The summed E-state index contributed by atoms with van der Waals surface area (Å²) in [4.78, 5) is 29.9. The summed E-state index contributed by atoms with van der Waals surface area (Å²) < 4.78 is 18.5. The molecular formula is C32H49NO6. The monoisotopic (exact) mass is 543 g/mol. The van der Waals surface area contributed by atoms with Crippen molar-refractivity contribution in [3.63, 3.8) is 0 Å². The van der Waals surface area contributed by atoms with Crippen LogP contribution in [0.3, 0.4) is 0 Å². The Morgan fingerprint density at radius 3 is 2.54 bits per heavy atom. The van der Waals surface area contributed by atoms with Gasteiger partial charge in [0.1, 0.15) is 6.23 Å². The number of Topliss-reactive ketones (excluding diaryl/α,β-unsaturated/α-hetero) is 1. The van der Waals surface area contributed by atoms with Gasteiger partial charge in [0.05, 0.1) is 18.1 Å². The zero-order valence-electron chi connectivity index (χ0n) is 24.8. The molecule has 0 amide bonds. The van der Waals surface area contributed by atoms with E-state index in [0.29, 0.717) is 30.8 Å². The molecule has 7 bridgehead atoms. The highest BCUT2D eigenvalue weighted by Crippen LogP contribution is 2.80. The Morgan fingerprint density at radius 1 is 1.05 bits per heavy atom. The van der Waals surface area contributed by atoms with Crippen LogP contribution in [0.2, 0.25) is 0 Å². The lowest BCUT2D eigenvalue weighted by atomic mass is 9.41. The van der Waals surface area contributed by atoms with Crippen LogP contribution >= 0.6 is 0 Å². The van der Waals surface area contributed by atoms with E-state index in [1.807, 2.05) is 13.8 Å². The minimum atomic E-state index is -0.848. The SMILES string of the molecule is CC(=O)OC(CC12C3C(C(C)C)CCC1(C)C1CCC4(CCCC42)N3C1O)C(=O)C1(C)COC2(C)CCC1O2. The van der Waals surface area contributed by atoms with E-state index in [1.165, 1.54) is 13.3 Å². The van der Waals surface area contributed by atoms with Gasteiger partial charge in [-0.15, -0.1) is 0 Å². The maximum atomic E-state index is 14.7. The molecule has 0 aromatic carbocycles. The predicted octanol–water partition coefficient (Wildman–Crippen LogP) is 4.83. The van der Waals surface area contributed by atoms with Crippen LogP contribution in [0.4, 0.5) is 0 Å². The summed E-state index contributed by atoms with van der Waals surface area (Å²) in [6.45, 7) is 12.8. The van der Waals surface area contributed by atoms with E-state index in [2.05, 4.69) is 25.7 Å². The fourth-order valence-electron chi connectivity index (χ4n) is 12.0. The highest BCUT2D eigenvalue weighted by molar-refractivity contribution is 5.91. The number of ketones is 1. The number of esters is 1. The van der Waals surface area contributed by atoms with Gasteiger partial charge in [-0.2, -0.15) is 0 Å². The third-order valence-corrected chi connectivity index (χ3v) is 13.7. The third-order valence-electron chi connectivity index (χ3n) is 13.7. The van der Waals surface area contributed by atoms with Crippen LogP contribution in [0.15, 0.2) is 0 Å². The number of ether oxygens (including phenoxy) is 3. The van der Waals surface area contributed by atoms with Crippen LogP contribution in [-0.4, -0.2) is 64.2 Å². The number of nitrogens with zero attached hydrogens (tertiary/aromatic N) is 1. The second kappa shape index (κ2) is 8.29. The van der Waals surface area contributed by atoms with Crippen molar-refractivity contribution in [1.29, 1.82) is 0 Å². The van der Waals surface area contributed by atoms with E-state index in [9.17, 15) is 14.7 Å². The first kappa shape index (κ1) is 26.9. The summed E-state index contributed by atoms with van der Waals surface area (Å²) in [5.74, 6) is 0.498. The van der Waals surface area contributed by atoms with Gasteiger partial charge in [0, 0.05) is 36.3 Å². The molecule has 2 saturated carbocycles. The Morgan fingerprint density at radius 2 is 1.82 bits per heavy atom. The molecule has 2 aliphatic carbocycles. The van der Waals surface area contributed by atoms with Crippen LogP contribution in [0.25, 0.3) is 0 Å². The second-order valence-corrected chi connectivity index (χ2v) is 15.5. The molecule has 13 atom stereocenters. The Kier molecular flexibility index (Phi) is 5.71. The summed E-state index contributed by atoms with van der Waals surface area (Å²) in [7, 11) is 0. The van der Waals surface area contributed by atoms with Crippen LogP contribution in [0, 0.1) is 39.9 Å². The number of hydrogen-bond donors (Lipinski definition) is 1. The number of aliphatic hydroxyl groups excluding tert-OH is 1. The van der Waals surface area contributed by atoms with Crippen LogP contribution in [0.1, 0.15) is 106 Å². The minimum Gasteiger partial charge on any atom is -0.454 e. The largest absolute Gasteiger partial charge is 0.454 e. The summed E-state index contributed by atoms with van der Waals surface area (Å²) >= 11 is 0. The number of piperidine rings is 2. The van der Waals surface area contributed by atoms with Gasteiger partial charge >= 0.3 is 5.97 Å². The molecule has 218 valence electrons. The molecular weight excluding hydrogens is 494 g/mol. The quantitative estimate of drug-likeness (QED) is 0.480. The van der Waals surface area contributed by atoms with Crippen LogP contribution < -0.4 is 0 Å². The van der Waals surface area contributed by atoms with E-state index in [-0.39, 0.29) is 40.2 Å². The number of fused-ring (bicyclic) bond motifs is 4. The molecule has 5 aliphatic heterocycles. The molecule has 5 heterocycles. The third kappa shape index (κ3) is 3.14. The van der Waals surface area contributed by atoms with Gasteiger partial charge in [-0.3, -0.25) is 14.5 Å². The van der Waals surface area contributed by atoms with E-state index in [1.54, 1.807) is 0 Å². The van der Waals surface area contributed by atoms with Crippen molar-refractivity contribution in [2.75, 3.05) is 6.61 Å². The average Bonchev–Trinajstić information content (AvgIpc) is 3.48. The van der Waals surface area contributed by atoms with Gasteiger partial charge in [-0.25, -0.2) is 0 Å². The second-order valence-electron chi connectivity index (χ2n) is 15.5. The van der Waals surface area contributed by atoms with Crippen LogP contribution in [0.5, 0.6) is 0 Å². The van der Waals surface area contributed by atoms with Crippen molar-refractivity contribution in [3.8, 4) is 0 Å². The number of hydrogen-bond acceptors (Lipinski definition) is 7. The molecule has 1 spiro atoms. The summed E-state index contributed by atoms with van der Waals surface area (Å²) in [6, 6.07) is 0.209. The smallest absolute Gasteiger partial charge is 0.303 e. The van der Waals surface area contributed by atoms with Crippen molar-refractivity contribution in [3.05, 3.63) is 0 Å². The Labute approximate surface area is 233 Å². The molecule has 7 fully saturated rings. The van der Waals surface area contributed by atoms with E-state index in [0.717, 1.165) is 51.4 Å². The molecule has 7 heteroatoms. The Balaban J connectivity index is 1.35. The fourth-order valence-corrected chi connectivity index (χ4v) is 12.0. The van der Waals surface area contributed by atoms with Crippen molar-refractivity contribution < 1.29 is 28.9 Å². The molecule has 7 rings (SSSR count). The Hall–Kier alpha value is -1.02. The van der Waals surface area contributed by atoms with E-state index in [4.69, 9.17) is 14.2 Å². The zero-order chi connectivity index (χ0) is 27.8. The number of rotatable bonds is 6. The van der Waals surface area contributed by atoms with Crippen molar-refractivity contribution in [2.45, 2.75) is 142 Å². The first-order valence-corrected chi connectivity index (χ1v) is 15.8. The van der Waals surface area contributed by atoms with Gasteiger partial charge in [-0.1, -0.05) is 27.2 Å². The Bertz CT molecular complexity index is 1080. The van der Waals surface area contributed by atoms with Gasteiger partial charge in [-0.05, 0) is 88.4 Å². The molecule has 5 saturated heterocycles. The maximum Gasteiger partial charge on any atom is 0.303 e. The fraction of sp³-hybridized carbons (Fsp3) is 0.938. The summed E-state index contributed by atoms with van der Waals surface area (Å²) in [5.41, 5.74) is -1.12. The lowest BCUT2D eigenvalue weighted by Gasteiger charge is -2.68. The number of aliphatic hydroxyl groups is 1. The average molecular weight is 544 g/mol. The van der Waals surface area contributed by atoms with Gasteiger partial charge in [0.15, 0.2) is 17.7 Å². The molecule has 1 N–H and O–H groups in total. The number of carbonyl (C=O) groups excluding carboxylic acids is 2. The van der Waals surface area contributed by atoms with E-state index < -0.39 is 29.5 Å². The topological polar surface area (TPSA) is 85.3 Å².